The molecular weight excluding hydrogens is 248 g/mol. The fourth-order valence-corrected chi connectivity index (χ4v) is 1.83. The molecule has 2 rings (SSSR count). The molecule has 0 unspecified atom stereocenters. The largest absolute Gasteiger partial charge is 0.489 e. The average molecular weight is 263 g/mol. The molecule has 0 aliphatic rings. The van der Waals surface area contributed by atoms with E-state index in [1.807, 2.05) is 38.1 Å². The van der Waals surface area contributed by atoms with Crippen molar-refractivity contribution >= 4 is 17.4 Å². The zero-order valence-corrected chi connectivity index (χ0v) is 11.2. The van der Waals surface area contributed by atoms with Gasteiger partial charge in [0.2, 0.25) is 0 Å². The molecule has 1 aromatic carbocycles. The van der Waals surface area contributed by atoms with Crippen LogP contribution in [-0.4, -0.2) is 4.98 Å². The van der Waals surface area contributed by atoms with E-state index in [4.69, 9.17) is 22.1 Å². The molecule has 0 saturated carbocycles. The van der Waals surface area contributed by atoms with Crippen LogP contribution in [0, 0.1) is 13.8 Å². The number of nitrogen functional groups attached to an aromatic ring is 1. The Morgan fingerprint density at radius 1 is 1.28 bits per heavy atom. The van der Waals surface area contributed by atoms with E-state index in [9.17, 15) is 0 Å². The first-order valence-electron chi connectivity index (χ1n) is 5.67. The SMILES string of the molecule is Cc1cc(OCc2cccnc2N)cc(C)c1Cl. The Labute approximate surface area is 112 Å². The fourth-order valence-electron chi connectivity index (χ4n) is 1.72. The van der Waals surface area contributed by atoms with Crippen LogP contribution in [0.2, 0.25) is 5.02 Å². The van der Waals surface area contributed by atoms with E-state index in [-0.39, 0.29) is 0 Å². The Hall–Kier alpha value is -1.74. The summed E-state index contributed by atoms with van der Waals surface area (Å²) in [4.78, 5) is 4.02. The summed E-state index contributed by atoms with van der Waals surface area (Å²) >= 11 is 6.11. The quantitative estimate of drug-likeness (QED) is 0.921. The van der Waals surface area contributed by atoms with Gasteiger partial charge < -0.3 is 10.5 Å². The maximum Gasteiger partial charge on any atom is 0.129 e. The Bertz CT molecular complexity index is 546. The lowest BCUT2D eigenvalue weighted by Gasteiger charge is -2.10. The molecule has 2 aromatic rings. The van der Waals surface area contributed by atoms with Crippen molar-refractivity contribution in [1.82, 2.24) is 4.98 Å². The summed E-state index contributed by atoms with van der Waals surface area (Å²) in [5.41, 5.74) is 8.64. The van der Waals surface area contributed by atoms with Crippen LogP contribution in [0.15, 0.2) is 30.5 Å². The number of rotatable bonds is 3. The summed E-state index contributed by atoms with van der Waals surface area (Å²) in [6, 6.07) is 7.58. The van der Waals surface area contributed by atoms with Crippen LogP contribution in [-0.2, 0) is 6.61 Å². The van der Waals surface area contributed by atoms with Gasteiger partial charge in [-0.2, -0.15) is 0 Å². The van der Waals surface area contributed by atoms with Gasteiger partial charge in [0.15, 0.2) is 0 Å². The Kier molecular flexibility index (Phi) is 3.72. The van der Waals surface area contributed by atoms with Gasteiger partial charge >= 0.3 is 0 Å². The smallest absolute Gasteiger partial charge is 0.129 e. The highest BCUT2D eigenvalue weighted by Gasteiger charge is 2.05. The number of aryl methyl sites for hydroxylation is 2. The predicted octanol–water partition coefficient (Wildman–Crippen LogP) is 3.51. The molecular formula is C14H15ClN2O. The maximum atomic E-state index is 6.11. The summed E-state index contributed by atoms with van der Waals surface area (Å²) in [6.07, 6.45) is 1.66. The summed E-state index contributed by atoms with van der Waals surface area (Å²) < 4.78 is 5.71. The van der Waals surface area contributed by atoms with Gasteiger partial charge in [-0.3, -0.25) is 0 Å². The molecule has 0 atom stereocenters. The van der Waals surface area contributed by atoms with Crippen molar-refractivity contribution in [3.63, 3.8) is 0 Å². The molecule has 0 bridgehead atoms. The van der Waals surface area contributed by atoms with Crippen LogP contribution >= 0.6 is 11.6 Å². The van der Waals surface area contributed by atoms with E-state index in [0.717, 1.165) is 27.5 Å². The van der Waals surface area contributed by atoms with E-state index in [1.165, 1.54) is 0 Å². The molecule has 0 radical (unpaired) electrons. The van der Waals surface area contributed by atoms with E-state index in [1.54, 1.807) is 6.20 Å². The van der Waals surface area contributed by atoms with Gasteiger partial charge in [0.25, 0.3) is 0 Å². The zero-order chi connectivity index (χ0) is 13.1. The third kappa shape index (κ3) is 2.74. The first-order chi connectivity index (χ1) is 8.58. The lowest BCUT2D eigenvalue weighted by molar-refractivity contribution is 0.306. The Morgan fingerprint density at radius 3 is 2.56 bits per heavy atom. The molecule has 0 aliphatic carbocycles. The lowest BCUT2D eigenvalue weighted by atomic mass is 10.1. The van der Waals surface area contributed by atoms with Crippen molar-refractivity contribution < 1.29 is 4.74 Å². The number of benzene rings is 1. The van der Waals surface area contributed by atoms with Crippen LogP contribution in [0.1, 0.15) is 16.7 Å². The van der Waals surface area contributed by atoms with Crippen molar-refractivity contribution in [3.05, 3.63) is 52.2 Å². The van der Waals surface area contributed by atoms with Crippen molar-refractivity contribution in [2.45, 2.75) is 20.5 Å². The zero-order valence-electron chi connectivity index (χ0n) is 10.4. The second-order valence-electron chi connectivity index (χ2n) is 4.21. The number of pyridine rings is 1. The Balaban J connectivity index is 2.14. The molecule has 1 aromatic heterocycles. The molecule has 0 aliphatic heterocycles. The highest BCUT2D eigenvalue weighted by Crippen LogP contribution is 2.26. The average Bonchev–Trinajstić information content (AvgIpc) is 2.35. The Morgan fingerprint density at radius 2 is 1.94 bits per heavy atom. The number of anilines is 1. The number of hydrogen-bond donors (Lipinski definition) is 1. The number of nitrogens with two attached hydrogens (primary N) is 1. The first kappa shape index (κ1) is 12.7. The minimum atomic E-state index is 0.403. The van der Waals surface area contributed by atoms with Gasteiger partial charge in [-0.15, -0.1) is 0 Å². The standard InChI is InChI=1S/C14H15ClN2O/c1-9-6-12(7-10(2)13(9)15)18-8-11-4-3-5-17-14(11)16/h3-7H,8H2,1-2H3,(H2,16,17). The van der Waals surface area contributed by atoms with Crippen molar-refractivity contribution in [1.29, 1.82) is 0 Å². The van der Waals surface area contributed by atoms with Crippen LogP contribution in [0.25, 0.3) is 0 Å². The highest BCUT2D eigenvalue weighted by atomic mass is 35.5. The monoisotopic (exact) mass is 262 g/mol. The van der Waals surface area contributed by atoms with Crippen molar-refractivity contribution in [3.8, 4) is 5.75 Å². The first-order valence-corrected chi connectivity index (χ1v) is 6.04. The van der Waals surface area contributed by atoms with Crippen LogP contribution in [0.5, 0.6) is 5.75 Å². The molecule has 18 heavy (non-hydrogen) atoms. The topological polar surface area (TPSA) is 48.1 Å². The molecule has 94 valence electrons. The third-order valence-corrected chi connectivity index (χ3v) is 3.33. The van der Waals surface area contributed by atoms with Gasteiger partial charge in [-0.1, -0.05) is 17.7 Å². The molecule has 4 heteroatoms. The van der Waals surface area contributed by atoms with Crippen molar-refractivity contribution in [2.75, 3.05) is 5.73 Å². The molecule has 3 nitrogen and oxygen atoms in total. The molecule has 0 amide bonds. The second-order valence-corrected chi connectivity index (χ2v) is 4.59. The van der Waals surface area contributed by atoms with Gasteiger partial charge in [-0.25, -0.2) is 4.98 Å². The van der Waals surface area contributed by atoms with E-state index in [0.29, 0.717) is 12.4 Å². The van der Waals surface area contributed by atoms with Crippen LogP contribution < -0.4 is 10.5 Å². The minimum absolute atomic E-state index is 0.403. The van der Waals surface area contributed by atoms with Crippen LogP contribution in [0.4, 0.5) is 5.82 Å². The predicted molar refractivity (Wildman–Crippen MR) is 73.9 cm³/mol. The molecule has 0 fully saturated rings. The number of nitrogens with zero attached hydrogens (tertiary/aromatic N) is 1. The van der Waals surface area contributed by atoms with Gasteiger partial charge in [0.05, 0.1) is 0 Å². The summed E-state index contributed by atoms with van der Waals surface area (Å²) in [7, 11) is 0. The number of aromatic nitrogens is 1. The maximum absolute atomic E-state index is 6.11. The van der Waals surface area contributed by atoms with Crippen molar-refractivity contribution in [2.24, 2.45) is 0 Å². The number of ether oxygens (including phenoxy) is 1. The minimum Gasteiger partial charge on any atom is -0.489 e. The van der Waals surface area contributed by atoms with Gasteiger partial charge in [0, 0.05) is 16.8 Å². The summed E-state index contributed by atoms with van der Waals surface area (Å²) in [5, 5.41) is 0.781. The van der Waals surface area contributed by atoms with Crippen LogP contribution in [0.3, 0.4) is 0 Å². The third-order valence-electron chi connectivity index (χ3n) is 2.73. The number of hydrogen-bond acceptors (Lipinski definition) is 3. The molecule has 0 saturated heterocycles. The number of halogens is 1. The van der Waals surface area contributed by atoms with Gasteiger partial charge in [0.1, 0.15) is 18.2 Å². The molecule has 2 N–H and O–H groups in total. The summed E-state index contributed by atoms with van der Waals surface area (Å²) in [5.74, 6) is 1.29. The molecule has 1 heterocycles. The van der Waals surface area contributed by atoms with E-state index in [2.05, 4.69) is 4.98 Å². The van der Waals surface area contributed by atoms with Gasteiger partial charge in [-0.05, 0) is 43.2 Å². The van der Waals surface area contributed by atoms with E-state index >= 15 is 0 Å². The highest BCUT2D eigenvalue weighted by molar-refractivity contribution is 6.32. The summed E-state index contributed by atoms with van der Waals surface area (Å²) in [6.45, 7) is 4.32. The lowest BCUT2D eigenvalue weighted by Crippen LogP contribution is -2.02. The normalized spacial score (nSPS) is 10.4. The second kappa shape index (κ2) is 5.27. The molecule has 0 spiro atoms. The fraction of sp³-hybridized carbons (Fsp3) is 0.214. The van der Waals surface area contributed by atoms with E-state index < -0.39 is 0 Å².